The van der Waals surface area contributed by atoms with E-state index in [2.05, 4.69) is 4.99 Å². The van der Waals surface area contributed by atoms with Crippen LogP contribution in [0.25, 0.3) is 0 Å². The first-order chi connectivity index (χ1) is 15.5. The second-order valence-electron chi connectivity index (χ2n) is 6.72. The molecule has 0 amide bonds. The second-order valence-corrected chi connectivity index (χ2v) is 8.29. The normalized spacial score (nSPS) is 11.6. The number of methoxy groups -OCH3 is 1. The summed E-state index contributed by atoms with van der Waals surface area (Å²) < 4.78 is 50.4. The summed E-state index contributed by atoms with van der Waals surface area (Å²) in [7, 11) is 1.38. The number of halogens is 5. The third-order valence-electron chi connectivity index (χ3n) is 4.54. The summed E-state index contributed by atoms with van der Waals surface area (Å²) in [5.74, 6) is -0.00223. The van der Waals surface area contributed by atoms with Crippen molar-refractivity contribution in [3.8, 4) is 17.2 Å². The molecule has 0 unspecified atom stereocenters. The molecule has 0 atom stereocenters. The molecule has 0 bridgehead atoms. The van der Waals surface area contributed by atoms with Crippen LogP contribution in [0.5, 0.6) is 17.2 Å². The molecule has 0 fully saturated rings. The van der Waals surface area contributed by atoms with Gasteiger partial charge < -0.3 is 9.47 Å². The number of alkyl halides is 3. The Labute approximate surface area is 205 Å². The van der Waals surface area contributed by atoms with Crippen molar-refractivity contribution in [2.24, 2.45) is 4.99 Å². The Morgan fingerprint density at radius 3 is 2.52 bits per heavy atom. The molecule has 0 saturated heterocycles. The quantitative estimate of drug-likeness (QED) is 0.127. The van der Waals surface area contributed by atoms with Gasteiger partial charge in [0.25, 0.3) is 0 Å². The van der Waals surface area contributed by atoms with E-state index in [1.807, 2.05) is 29.5 Å². The third kappa shape index (κ3) is 5.74. The lowest BCUT2D eigenvalue weighted by Crippen LogP contribution is -2.06. The van der Waals surface area contributed by atoms with Gasteiger partial charge >= 0.3 is 11.9 Å². The number of hydrogen-bond donors (Lipinski definition) is 0. The topological polar surface area (TPSA) is 74.0 Å². The van der Waals surface area contributed by atoms with Crippen LogP contribution < -0.4 is 9.47 Å². The Morgan fingerprint density at radius 1 is 1.15 bits per heavy atom. The van der Waals surface area contributed by atoms with Gasteiger partial charge in [-0.25, -0.2) is 0 Å². The number of nitrogens with zero attached hydrogens (tertiary/aromatic N) is 2. The number of aliphatic imine (C=N–C) groups is 1. The van der Waals surface area contributed by atoms with E-state index >= 15 is 0 Å². The number of nitro benzene ring substituents is 1. The molecule has 0 heterocycles. The number of benzene rings is 3. The lowest BCUT2D eigenvalue weighted by molar-refractivity contribution is -0.385. The summed E-state index contributed by atoms with van der Waals surface area (Å²) in [6.07, 6.45) is -3.13. The molecular weight excluding hydrogens is 576 g/mol. The van der Waals surface area contributed by atoms with E-state index in [1.165, 1.54) is 7.11 Å². The molecule has 0 aliphatic heterocycles. The second kappa shape index (κ2) is 9.96. The summed E-state index contributed by atoms with van der Waals surface area (Å²) in [4.78, 5) is 14.9. The fourth-order valence-electron chi connectivity index (χ4n) is 2.83. The Kier molecular flexibility index (Phi) is 7.48. The molecule has 0 N–H and O–H groups in total. The molecular formula is C22H15ClF3IN2O4. The highest BCUT2D eigenvalue weighted by Crippen LogP contribution is 2.42. The molecule has 33 heavy (non-hydrogen) atoms. The van der Waals surface area contributed by atoms with Crippen LogP contribution in [-0.4, -0.2) is 18.2 Å². The summed E-state index contributed by atoms with van der Waals surface area (Å²) in [6.45, 7) is 1.84. The zero-order valence-electron chi connectivity index (χ0n) is 17.1. The number of ether oxygens (including phenoxy) is 2. The van der Waals surface area contributed by atoms with Gasteiger partial charge in [-0.15, -0.1) is 0 Å². The SMILES string of the molecule is COc1cc(C=Nc2cccc(Cl)c2C)cc(I)c1Oc1ccc(C(F)(F)F)cc1[N+](=O)[O-]. The summed E-state index contributed by atoms with van der Waals surface area (Å²) in [5.41, 5.74) is 0.171. The first-order valence-electron chi connectivity index (χ1n) is 9.21. The van der Waals surface area contributed by atoms with Crippen molar-refractivity contribution >= 4 is 51.8 Å². The molecule has 11 heteroatoms. The van der Waals surface area contributed by atoms with Crippen LogP contribution in [0.4, 0.5) is 24.5 Å². The van der Waals surface area contributed by atoms with Crippen molar-refractivity contribution in [3.05, 3.63) is 83.9 Å². The van der Waals surface area contributed by atoms with Crippen LogP contribution >= 0.6 is 34.2 Å². The van der Waals surface area contributed by atoms with E-state index in [1.54, 1.807) is 36.5 Å². The first kappa shape index (κ1) is 24.8. The minimum absolute atomic E-state index is 0.122. The van der Waals surface area contributed by atoms with Gasteiger partial charge in [0, 0.05) is 17.3 Å². The standard InChI is InChI=1S/C22H15ClF3IN2O4/c1-12-15(23)4-3-5-17(12)28-11-13-8-16(27)21(20(9-13)32-2)33-19-7-6-14(22(24,25)26)10-18(19)29(30)31/h3-11H,1-2H3. The molecule has 3 aromatic rings. The fraction of sp³-hybridized carbons (Fsp3) is 0.136. The van der Waals surface area contributed by atoms with Gasteiger partial charge in [-0.3, -0.25) is 15.1 Å². The maximum atomic E-state index is 13.0. The molecule has 6 nitrogen and oxygen atoms in total. The number of rotatable bonds is 6. The smallest absolute Gasteiger partial charge is 0.416 e. The predicted molar refractivity (Wildman–Crippen MR) is 127 cm³/mol. The Bertz CT molecular complexity index is 1250. The van der Waals surface area contributed by atoms with E-state index in [0.29, 0.717) is 25.9 Å². The Hall–Kier alpha value is -2.86. The van der Waals surface area contributed by atoms with Gasteiger partial charge in [0.1, 0.15) is 0 Å². The highest BCUT2D eigenvalue weighted by molar-refractivity contribution is 14.1. The molecule has 0 aromatic heterocycles. The average Bonchev–Trinajstić information content (AvgIpc) is 2.75. The van der Waals surface area contributed by atoms with Crippen LogP contribution in [0.1, 0.15) is 16.7 Å². The highest BCUT2D eigenvalue weighted by atomic mass is 127. The third-order valence-corrected chi connectivity index (χ3v) is 5.75. The van der Waals surface area contributed by atoms with Crippen LogP contribution in [0.15, 0.2) is 53.5 Å². The molecule has 3 aromatic carbocycles. The lowest BCUT2D eigenvalue weighted by atomic mass is 10.1. The van der Waals surface area contributed by atoms with Crippen molar-refractivity contribution in [2.45, 2.75) is 13.1 Å². The molecule has 172 valence electrons. The maximum Gasteiger partial charge on any atom is 0.416 e. The van der Waals surface area contributed by atoms with Crippen LogP contribution in [0.2, 0.25) is 5.02 Å². The largest absolute Gasteiger partial charge is 0.493 e. The van der Waals surface area contributed by atoms with Crippen molar-refractivity contribution in [1.82, 2.24) is 0 Å². The van der Waals surface area contributed by atoms with Crippen molar-refractivity contribution in [2.75, 3.05) is 7.11 Å². The van der Waals surface area contributed by atoms with Crippen molar-refractivity contribution in [1.29, 1.82) is 0 Å². The van der Waals surface area contributed by atoms with Gasteiger partial charge in [0.2, 0.25) is 5.75 Å². The number of hydrogen-bond acceptors (Lipinski definition) is 5. The van der Waals surface area contributed by atoms with E-state index in [0.717, 1.165) is 17.7 Å². The van der Waals surface area contributed by atoms with Gasteiger partial charge in [-0.1, -0.05) is 17.7 Å². The molecule has 0 aliphatic rings. The summed E-state index contributed by atoms with van der Waals surface area (Å²) in [6, 6.07) is 10.7. The van der Waals surface area contributed by atoms with Crippen LogP contribution in [0.3, 0.4) is 0 Å². The highest BCUT2D eigenvalue weighted by Gasteiger charge is 2.33. The van der Waals surface area contributed by atoms with E-state index in [4.69, 9.17) is 21.1 Å². The average molecular weight is 591 g/mol. The summed E-state index contributed by atoms with van der Waals surface area (Å²) >= 11 is 8.05. The van der Waals surface area contributed by atoms with Crippen molar-refractivity contribution < 1.29 is 27.6 Å². The molecule has 0 spiro atoms. The Balaban J connectivity index is 1.98. The van der Waals surface area contributed by atoms with Gasteiger partial charge in [-0.05, 0) is 77.0 Å². The van der Waals surface area contributed by atoms with E-state index < -0.39 is 22.4 Å². The minimum Gasteiger partial charge on any atom is -0.493 e. The monoisotopic (exact) mass is 590 g/mol. The molecule has 3 rings (SSSR count). The molecule has 0 radical (unpaired) electrons. The van der Waals surface area contributed by atoms with Crippen LogP contribution in [-0.2, 0) is 6.18 Å². The zero-order valence-corrected chi connectivity index (χ0v) is 20.0. The molecule has 0 aliphatic carbocycles. The van der Waals surface area contributed by atoms with Gasteiger partial charge in [0.15, 0.2) is 11.5 Å². The number of nitro groups is 1. The maximum absolute atomic E-state index is 13.0. The van der Waals surface area contributed by atoms with Gasteiger partial charge in [-0.2, -0.15) is 13.2 Å². The molecule has 0 saturated carbocycles. The van der Waals surface area contributed by atoms with E-state index in [9.17, 15) is 23.3 Å². The van der Waals surface area contributed by atoms with E-state index in [-0.39, 0.29) is 17.2 Å². The zero-order chi connectivity index (χ0) is 24.3. The van der Waals surface area contributed by atoms with Crippen LogP contribution in [0, 0.1) is 20.6 Å². The fourth-order valence-corrected chi connectivity index (χ4v) is 3.73. The lowest BCUT2D eigenvalue weighted by Gasteiger charge is -2.14. The summed E-state index contributed by atoms with van der Waals surface area (Å²) in [5, 5.41) is 11.9. The van der Waals surface area contributed by atoms with Gasteiger partial charge in [0.05, 0.1) is 26.9 Å². The Morgan fingerprint density at radius 2 is 1.88 bits per heavy atom. The first-order valence-corrected chi connectivity index (χ1v) is 10.7. The van der Waals surface area contributed by atoms with Crippen molar-refractivity contribution in [3.63, 3.8) is 0 Å². The predicted octanol–water partition coefficient (Wildman–Crippen LogP) is 7.73. The minimum atomic E-state index is -4.72.